The van der Waals surface area contributed by atoms with Crippen molar-refractivity contribution in [1.82, 2.24) is 15.2 Å². The van der Waals surface area contributed by atoms with Crippen LogP contribution in [0.1, 0.15) is 16.2 Å². The first-order valence-corrected chi connectivity index (χ1v) is 4.81. The van der Waals surface area contributed by atoms with E-state index in [1.807, 2.05) is 0 Å². The highest BCUT2D eigenvalue weighted by molar-refractivity contribution is 6.01. The second-order valence-corrected chi connectivity index (χ2v) is 3.46. The van der Waals surface area contributed by atoms with Crippen LogP contribution in [0.4, 0.5) is 16.0 Å². The fraction of sp³-hybridized carbons (Fsp3) is 0.100. The summed E-state index contributed by atoms with van der Waals surface area (Å²) in [6.45, 7) is 1.64. The molecule has 2 rings (SSSR count). The Morgan fingerprint density at radius 2 is 2.29 bits per heavy atom. The summed E-state index contributed by atoms with van der Waals surface area (Å²) in [7, 11) is 0. The molecule has 0 bridgehead atoms. The highest BCUT2D eigenvalue weighted by Crippen LogP contribution is 2.14. The number of nitrogens with one attached hydrogen (secondary N) is 2. The van der Waals surface area contributed by atoms with Gasteiger partial charge in [-0.05, 0) is 24.6 Å². The van der Waals surface area contributed by atoms with Gasteiger partial charge in [0, 0.05) is 5.69 Å². The fourth-order valence-corrected chi connectivity index (χ4v) is 1.24. The number of benzene rings is 1. The molecule has 17 heavy (non-hydrogen) atoms. The summed E-state index contributed by atoms with van der Waals surface area (Å²) >= 11 is 0. The van der Waals surface area contributed by atoms with Crippen LogP contribution in [0, 0.1) is 12.7 Å². The lowest BCUT2D eigenvalue weighted by Gasteiger charge is -2.03. The average Bonchev–Trinajstić information content (AvgIpc) is 2.70. The minimum absolute atomic E-state index is 0.0229. The third-order valence-electron chi connectivity index (χ3n) is 2.15. The van der Waals surface area contributed by atoms with Gasteiger partial charge in [-0.1, -0.05) is 6.07 Å². The molecule has 0 aliphatic heterocycles. The Labute approximate surface area is 96.1 Å². The van der Waals surface area contributed by atoms with Gasteiger partial charge in [0.05, 0.1) is 0 Å². The van der Waals surface area contributed by atoms with Gasteiger partial charge in [0.15, 0.2) is 0 Å². The lowest BCUT2D eigenvalue weighted by molar-refractivity contribution is 0.101. The Balaban J connectivity index is 2.15. The lowest BCUT2D eigenvalue weighted by atomic mass is 10.2. The van der Waals surface area contributed by atoms with Crippen molar-refractivity contribution in [2.75, 3.05) is 11.1 Å². The van der Waals surface area contributed by atoms with Crippen molar-refractivity contribution in [3.63, 3.8) is 0 Å². The number of H-pyrrole nitrogens is 1. The quantitative estimate of drug-likeness (QED) is 0.725. The smallest absolute Gasteiger partial charge is 0.293 e. The van der Waals surface area contributed by atoms with Gasteiger partial charge in [-0.15, -0.1) is 5.10 Å². The summed E-state index contributed by atoms with van der Waals surface area (Å²) in [5.41, 5.74) is 6.11. The number of aromatic amines is 1. The molecule has 0 saturated carbocycles. The Morgan fingerprint density at radius 3 is 2.88 bits per heavy atom. The van der Waals surface area contributed by atoms with Crippen LogP contribution >= 0.6 is 0 Å². The predicted molar refractivity (Wildman–Crippen MR) is 59.9 cm³/mol. The number of carbonyl (C=O) groups is 1. The molecule has 1 amide bonds. The summed E-state index contributed by atoms with van der Waals surface area (Å²) in [6, 6.07) is 4.39. The van der Waals surface area contributed by atoms with Gasteiger partial charge in [0.2, 0.25) is 11.8 Å². The number of hydrogen-bond acceptors (Lipinski definition) is 4. The molecule has 1 heterocycles. The van der Waals surface area contributed by atoms with Crippen molar-refractivity contribution in [3.05, 3.63) is 35.4 Å². The van der Waals surface area contributed by atoms with Gasteiger partial charge < -0.3 is 11.1 Å². The number of carbonyl (C=O) groups excluding carboxylic acids is 1. The molecule has 88 valence electrons. The lowest BCUT2D eigenvalue weighted by Crippen LogP contribution is -2.14. The van der Waals surface area contributed by atoms with E-state index in [-0.39, 0.29) is 17.6 Å². The Hall–Kier alpha value is -2.44. The largest absolute Gasteiger partial charge is 0.366 e. The van der Waals surface area contributed by atoms with E-state index in [2.05, 4.69) is 20.5 Å². The molecular weight excluding hydrogens is 225 g/mol. The van der Waals surface area contributed by atoms with E-state index in [1.54, 1.807) is 19.1 Å². The Kier molecular flexibility index (Phi) is 2.73. The van der Waals surface area contributed by atoms with Crippen LogP contribution in [0.25, 0.3) is 0 Å². The number of aryl methyl sites for hydroxylation is 1. The van der Waals surface area contributed by atoms with Gasteiger partial charge in [0.25, 0.3) is 5.91 Å². The molecule has 0 fully saturated rings. The van der Waals surface area contributed by atoms with Gasteiger partial charge in [-0.25, -0.2) is 4.39 Å². The topological polar surface area (TPSA) is 96.7 Å². The van der Waals surface area contributed by atoms with Crippen molar-refractivity contribution in [1.29, 1.82) is 0 Å². The molecule has 4 N–H and O–H groups in total. The van der Waals surface area contributed by atoms with E-state index in [9.17, 15) is 9.18 Å². The number of anilines is 2. The number of halogens is 1. The van der Waals surface area contributed by atoms with Crippen LogP contribution < -0.4 is 11.1 Å². The first-order chi connectivity index (χ1) is 8.06. The number of nitrogens with two attached hydrogens (primary N) is 1. The number of nitrogens with zero attached hydrogens (tertiary/aromatic N) is 2. The summed E-state index contributed by atoms with van der Waals surface area (Å²) in [5.74, 6) is -0.967. The van der Waals surface area contributed by atoms with E-state index < -0.39 is 5.91 Å². The van der Waals surface area contributed by atoms with Crippen LogP contribution in [-0.4, -0.2) is 21.1 Å². The standard InChI is InChI=1S/C10H10FN5O/c1-5-2-3-6(4-7(5)11)13-9(17)8-14-10(12)16-15-8/h2-4H,1H3,(H,13,17)(H3,12,14,15,16). The monoisotopic (exact) mass is 235 g/mol. The second kappa shape index (κ2) is 4.20. The maximum atomic E-state index is 13.2. The summed E-state index contributed by atoms with van der Waals surface area (Å²) in [4.78, 5) is 15.3. The number of hydrogen-bond donors (Lipinski definition) is 3. The normalized spacial score (nSPS) is 10.2. The third-order valence-corrected chi connectivity index (χ3v) is 2.15. The van der Waals surface area contributed by atoms with E-state index in [0.717, 1.165) is 0 Å². The van der Waals surface area contributed by atoms with Crippen molar-refractivity contribution in [2.45, 2.75) is 6.92 Å². The number of rotatable bonds is 2. The number of nitrogen functional groups attached to an aromatic ring is 1. The maximum Gasteiger partial charge on any atom is 0.293 e. The maximum absolute atomic E-state index is 13.2. The van der Waals surface area contributed by atoms with Crippen molar-refractivity contribution < 1.29 is 9.18 Å². The van der Waals surface area contributed by atoms with Gasteiger partial charge >= 0.3 is 0 Å². The average molecular weight is 235 g/mol. The molecule has 0 atom stereocenters. The molecule has 0 spiro atoms. The highest BCUT2D eigenvalue weighted by Gasteiger charge is 2.11. The number of aromatic nitrogens is 3. The zero-order valence-electron chi connectivity index (χ0n) is 8.99. The summed E-state index contributed by atoms with van der Waals surface area (Å²) in [6.07, 6.45) is 0. The molecule has 0 aliphatic carbocycles. The molecule has 7 heteroatoms. The van der Waals surface area contributed by atoms with Crippen LogP contribution in [-0.2, 0) is 0 Å². The molecular formula is C10H10FN5O. The third kappa shape index (κ3) is 2.39. The molecule has 1 aromatic heterocycles. The molecule has 0 unspecified atom stereocenters. The van der Waals surface area contributed by atoms with E-state index >= 15 is 0 Å². The highest BCUT2D eigenvalue weighted by atomic mass is 19.1. The van der Waals surface area contributed by atoms with Gasteiger partial charge in [0.1, 0.15) is 5.82 Å². The summed E-state index contributed by atoms with van der Waals surface area (Å²) in [5, 5.41) is 8.35. The first kappa shape index (κ1) is 11.1. The van der Waals surface area contributed by atoms with Gasteiger partial charge in [-0.3, -0.25) is 9.89 Å². The van der Waals surface area contributed by atoms with Gasteiger partial charge in [-0.2, -0.15) is 4.98 Å². The molecule has 2 aromatic rings. The fourth-order valence-electron chi connectivity index (χ4n) is 1.24. The zero-order valence-corrected chi connectivity index (χ0v) is 8.99. The van der Waals surface area contributed by atoms with Crippen LogP contribution in [0.3, 0.4) is 0 Å². The molecule has 0 aliphatic rings. The second-order valence-electron chi connectivity index (χ2n) is 3.46. The van der Waals surface area contributed by atoms with Crippen molar-refractivity contribution >= 4 is 17.5 Å². The minimum Gasteiger partial charge on any atom is -0.366 e. The van der Waals surface area contributed by atoms with Crippen LogP contribution in [0.15, 0.2) is 18.2 Å². The van der Waals surface area contributed by atoms with Crippen molar-refractivity contribution in [2.24, 2.45) is 0 Å². The van der Waals surface area contributed by atoms with E-state index in [1.165, 1.54) is 6.07 Å². The molecule has 1 aromatic carbocycles. The first-order valence-electron chi connectivity index (χ1n) is 4.81. The van der Waals surface area contributed by atoms with Crippen LogP contribution in [0.5, 0.6) is 0 Å². The number of amides is 1. The minimum atomic E-state index is -0.530. The zero-order chi connectivity index (χ0) is 12.4. The Morgan fingerprint density at radius 1 is 1.53 bits per heavy atom. The SMILES string of the molecule is Cc1ccc(NC(=O)c2nc(N)n[nH]2)cc1F. The molecule has 0 radical (unpaired) electrons. The predicted octanol–water partition coefficient (Wildman–Crippen LogP) is 1.09. The Bertz CT molecular complexity index is 566. The molecule has 6 nitrogen and oxygen atoms in total. The van der Waals surface area contributed by atoms with Crippen LogP contribution in [0.2, 0.25) is 0 Å². The summed E-state index contributed by atoms with van der Waals surface area (Å²) < 4.78 is 13.2. The van der Waals surface area contributed by atoms with Crippen molar-refractivity contribution in [3.8, 4) is 0 Å². The van der Waals surface area contributed by atoms with E-state index in [4.69, 9.17) is 5.73 Å². The van der Waals surface area contributed by atoms with E-state index in [0.29, 0.717) is 11.3 Å². The molecule has 0 saturated heterocycles.